The molecule has 1 N–H and O–H groups in total. The number of nitrogens with one attached hydrogen (secondary N) is 1. The van der Waals surface area contributed by atoms with E-state index < -0.39 is 0 Å². The number of hydrogen-bond donors (Lipinski definition) is 1. The zero-order chi connectivity index (χ0) is 18.5. The van der Waals surface area contributed by atoms with Crippen LogP contribution in [0.4, 0.5) is 5.69 Å². The first kappa shape index (κ1) is 18.1. The van der Waals surface area contributed by atoms with Crippen molar-refractivity contribution in [1.82, 2.24) is 4.90 Å². The van der Waals surface area contributed by atoms with Crippen molar-refractivity contribution < 1.29 is 14.3 Å². The Bertz CT molecular complexity index is 769. The highest BCUT2D eigenvalue weighted by Gasteiger charge is 2.24. The molecule has 136 valence electrons. The van der Waals surface area contributed by atoms with Crippen LogP contribution in [0.25, 0.3) is 0 Å². The van der Waals surface area contributed by atoms with Crippen LogP contribution in [-0.2, 0) is 16.0 Å². The number of rotatable bonds is 4. The van der Waals surface area contributed by atoms with Gasteiger partial charge in [0.15, 0.2) is 0 Å². The zero-order valence-electron chi connectivity index (χ0n) is 15.2. The maximum absolute atomic E-state index is 12.6. The molecule has 1 aliphatic rings. The summed E-state index contributed by atoms with van der Waals surface area (Å²) in [6.45, 7) is 5.75. The largest absolute Gasteiger partial charge is 0.377 e. The van der Waals surface area contributed by atoms with Crippen molar-refractivity contribution in [2.45, 2.75) is 26.3 Å². The Morgan fingerprint density at radius 3 is 2.46 bits per heavy atom. The minimum absolute atomic E-state index is 0.00154. The van der Waals surface area contributed by atoms with Crippen LogP contribution in [0.5, 0.6) is 0 Å². The normalized spacial score (nSPS) is 17.0. The number of aryl methyl sites for hydroxylation is 1. The van der Waals surface area contributed by atoms with Crippen molar-refractivity contribution in [2.75, 3.05) is 25.1 Å². The summed E-state index contributed by atoms with van der Waals surface area (Å²) in [4.78, 5) is 26.6. The molecule has 1 atom stereocenters. The summed E-state index contributed by atoms with van der Waals surface area (Å²) >= 11 is 0. The van der Waals surface area contributed by atoms with Crippen LogP contribution in [0.15, 0.2) is 48.5 Å². The molecule has 1 fully saturated rings. The van der Waals surface area contributed by atoms with Crippen LogP contribution >= 0.6 is 0 Å². The van der Waals surface area contributed by atoms with E-state index in [-0.39, 0.29) is 17.9 Å². The molecule has 1 unspecified atom stereocenters. The summed E-state index contributed by atoms with van der Waals surface area (Å²) in [6.07, 6.45) is 0.326. The molecule has 0 saturated carbocycles. The predicted molar refractivity (Wildman–Crippen MR) is 101 cm³/mol. The van der Waals surface area contributed by atoms with Crippen molar-refractivity contribution in [3.05, 3.63) is 65.2 Å². The van der Waals surface area contributed by atoms with Crippen molar-refractivity contribution in [1.29, 1.82) is 0 Å². The minimum atomic E-state index is -0.0743. The van der Waals surface area contributed by atoms with E-state index >= 15 is 0 Å². The van der Waals surface area contributed by atoms with Gasteiger partial charge in [0.1, 0.15) is 0 Å². The second kappa shape index (κ2) is 8.15. The molecule has 5 heteroatoms. The molecule has 0 bridgehead atoms. The molecular formula is C21H24N2O3. The van der Waals surface area contributed by atoms with Crippen LogP contribution in [-0.4, -0.2) is 42.5 Å². The third kappa shape index (κ3) is 4.49. The zero-order valence-corrected chi connectivity index (χ0v) is 15.2. The Kier molecular flexibility index (Phi) is 5.68. The highest BCUT2D eigenvalue weighted by molar-refractivity contribution is 5.96. The second-order valence-electron chi connectivity index (χ2n) is 6.71. The Morgan fingerprint density at radius 2 is 1.81 bits per heavy atom. The van der Waals surface area contributed by atoms with Gasteiger partial charge in [-0.2, -0.15) is 0 Å². The van der Waals surface area contributed by atoms with E-state index in [0.29, 0.717) is 37.4 Å². The Morgan fingerprint density at radius 1 is 1.12 bits per heavy atom. The number of benzene rings is 2. The van der Waals surface area contributed by atoms with Gasteiger partial charge in [0.05, 0.1) is 25.7 Å². The summed E-state index contributed by atoms with van der Waals surface area (Å²) in [7, 11) is 0. The number of morpholine rings is 1. The summed E-state index contributed by atoms with van der Waals surface area (Å²) < 4.78 is 5.37. The van der Waals surface area contributed by atoms with E-state index in [2.05, 4.69) is 5.32 Å². The summed E-state index contributed by atoms with van der Waals surface area (Å²) in [6, 6.07) is 15.0. The fraction of sp³-hybridized carbons (Fsp3) is 0.333. The molecule has 0 spiro atoms. The van der Waals surface area contributed by atoms with E-state index in [0.717, 1.165) is 5.56 Å². The molecule has 26 heavy (non-hydrogen) atoms. The standard InChI is InChI=1S/C21H24N2O3/c1-15-3-5-17(6-4-15)13-20(24)22-19-9-7-18(8-10-19)21(25)23-11-12-26-14-16(23)2/h3-10,16H,11-14H2,1-2H3,(H,22,24). The molecule has 2 aromatic carbocycles. The lowest BCUT2D eigenvalue weighted by atomic mass is 10.1. The average molecular weight is 352 g/mol. The van der Waals surface area contributed by atoms with Gasteiger partial charge in [-0.05, 0) is 43.7 Å². The molecule has 1 aliphatic heterocycles. The smallest absolute Gasteiger partial charge is 0.254 e. The highest BCUT2D eigenvalue weighted by Crippen LogP contribution is 2.15. The summed E-state index contributed by atoms with van der Waals surface area (Å²) in [5.74, 6) is -0.0759. The maximum Gasteiger partial charge on any atom is 0.254 e. The van der Waals surface area contributed by atoms with Crippen molar-refractivity contribution >= 4 is 17.5 Å². The monoisotopic (exact) mass is 352 g/mol. The first-order valence-electron chi connectivity index (χ1n) is 8.87. The Labute approximate surface area is 154 Å². The van der Waals surface area contributed by atoms with Gasteiger partial charge in [-0.1, -0.05) is 29.8 Å². The topological polar surface area (TPSA) is 58.6 Å². The number of carbonyl (C=O) groups excluding carboxylic acids is 2. The van der Waals surface area contributed by atoms with Gasteiger partial charge in [0.25, 0.3) is 5.91 Å². The second-order valence-corrected chi connectivity index (χ2v) is 6.71. The number of hydrogen-bond acceptors (Lipinski definition) is 3. The van der Waals surface area contributed by atoms with Gasteiger partial charge in [-0.15, -0.1) is 0 Å². The first-order valence-corrected chi connectivity index (χ1v) is 8.87. The number of nitrogens with zero attached hydrogens (tertiary/aromatic N) is 1. The van der Waals surface area contributed by atoms with Crippen LogP contribution < -0.4 is 5.32 Å². The van der Waals surface area contributed by atoms with Gasteiger partial charge in [-0.3, -0.25) is 9.59 Å². The average Bonchev–Trinajstić information content (AvgIpc) is 2.64. The van der Waals surface area contributed by atoms with Crippen molar-refractivity contribution in [3.63, 3.8) is 0 Å². The molecule has 1 heterocycles. The molecule has 1 saturated heterocycles. The quantitative estimate of drug-likeness (QED) is 0.920. The summed E-state index contributed by atoms with van der Waals surface area (Å²) in [5.41, 5.74) is 3.45. The van der Waals surface area contributed by atoms with E-state index in [9.17, 15) is 9.59 Å². The molecular weight excluding hydrogens is 328 g/mol. The van der Waals surface area contributed by atoms with Crippen LogP contribution in [0.3, 0.4) is 0 Å². The van der Waals surface area contributed by atoms with E-state index in [1.165, 1.54) is 5.56 Å². The maximum atomic E-state index is 12.6. The van der Waals surface area contributed by atoms with Gasteiger partial charge in [-0.25, -0.2) is 0 Å². The Balaban J connectivity index is 1.59. The predicted octanol–water partition coefficient (Wildman–Crippen LogP) is 3.04. The highest BCUT2D eigenvalue weighted by atomic mass is 16.5. The molecule has 2 amide bonds. The number of ether oxygens (including phenoxy) is 1. The molecule has 0 aromatic heterocycles. The minimum Gasteiger partial charge on any atom is -0.377 e. The summed E-state index contributed by atoms with van der Waals surface area (Å²) in [5, 5.41) is 2.88. The molecule has 5 nitrogen and oxygen atoms in total. The fourth-order valence-corrected chi connectivity index (χ4v) is 2.99. The molecule has 0 aliphatic carbocycles. The van der Waals surface area contributed by atoms with Crippen molar-refractivity contribution in [3.8, 4) is 0 Å². The fourth-order valence-electron chi connectivity index (χ4n) is 2.99. The van der Waals surface area contributed by atoms with Crippen molar-refractivity contribution in [2.24, 2.45) is 0 Å². The number of anilines is 1. The Hall–Kier alpha value is -2.66. The van der Waals surface area contributed by atoms with Gasteiger partial charge < -0.3 is 15.0 Å². The van der Waals surface area contributed by atoms with E-state index in [4.69, 9.17) is 4.74 Å². The third-order valence-electron chi connectivity index (χ3n) is 4.53. The van der Waals surface area contributed by atoms with Crippen LogP contribution in [0, 0.1) is 6.92 Å². The number of carbonyl (C=O) groups is 2. The lowest BCUT2D eigenvalue weighted by molar-refractivity contribution is -0.115. The molecule has 2 aromatic rings. The van der Waals surface area contributed by atoms with Gasteiger partial charge in [0.2, 0.25) is 5.91 Å². The molecule has 0 radical (unpaired) electrons. The lowest BCUT2D eigenvalue weighted by Crippen LogP contribution is -2.47. The first-order chi connectivity index (χ1) is 12.5. The van der Waals surface area contributed by atoms with E-state index in [1.807, 2.05) is 43.0 Å². The van der Waals surface area contributed by atoms with Crippen LogP contribution in [0.2, 0.25) is 0 Å². The van der Waals surface area contributed by atoms with E-state index in [1.54, 1.807) is 24.3 Å². The third-order valence-corrected chi connectivity index (χ3v) is 4.53. The van der Waals surface area contributed by atoms with Crippen LogP contribution in [0.1, 0.15) is 28.4 Å². The van der Waals surface area contributed by atoms with Gasteiger partial charge >= 0.3 is 0 Å². The van der Waals surface area contributed by atoms with Gasteiger partial charge in [0, 0.05) is 17.8 Å². The lowest BCUT2D eigenvalue weighted by Gasteiger charge is -2.33. The SMILES string of the molecule is Cc1ccc(CC(=O)Nc2ccc(C(=O)N3CCOCC3C)cc2)cc1. The number of amides is 2. The molecule has 3 rings (SSSR count).